The highest BCUT2D eigenvalue weighted by atomic mass is 32.2. The van der Waals surface area contributed by atoms with Crippen molar-refractivity contribution in [3.8, 4) is 0 Å². The molecule has 0 spiro atoms. The number of thioether (sulfide) groups is 1. The molecule has 134 valence electrons. The highest BCUT2D eigenvalue weighted by Gasteiger charge is 2.23. The van der Waals surface area contributed by atoms with Crippen molar-refractivity contribution in [1.82, 2.24) is 9.13 Å². The maximum absolute atomic E-state index is 13.1. The first-order valence-corrected chi connectivity index (χ1v) is 9.89. The summed E-state index contributed by atoms with van der Waals surface area (Å²) in [5, 5.41) is 0. The molecular weight excluding hydrogens is 346 g/mol. The number of carbonyl (C=O) groups excluding carboxylic acids is 1. The Morgan fingerprint density at radius 2 is 1.73 bits per heavy atom. The molecule has 2 aromatic carbocycles. The number of benzene rings is 2. The third-order valence-electron chi connectivity index (χ3n) is 4.78. The first-order valence-electron chi connectivity index (χ1n) is 8.91. The van der Waals surface area contributed by atoms with Crippen LogP contribution in [0.3, 0.4) is 0 Å². The van der Waals surface area contributed by atoms with E-state index in [1.165, 1.54) is 0 Å². The van der Waals surface area contributed by atoms with Gasteiger partial charge in [-0.3, -0.25) is 13.9 Å². The van der Waals surface area contributed by atoms with Gasteiger partial charge in [0.15, 0.2) is 0 Å². The highest BCUT2D eigenvalue weighted by molar-refractivity contribution is 7.99. The fourth-order valence-corrected chi connectivity index (χ4v) is 4.53. The van der Waals surface area contributed by atoms with Gasteiger partial charge < -0.3 is 4.90 Å². The third-order valence-corrected chi connectivity index (χ3v) is 5.92. The summed E-state index contributed by atoms with van der Waals surface area (Å²) in [6.45, 7) is 3.28. The average molecular weight is 367 g/mol. The van der Waals surface area contributed by atoms with Crippen LogP contribution in [-0.4, -0.2) is 27.3 Å². The molecule has 1 aliphatic rings. The molecule has 6 heteroatoms. The van der Waals surface area contributed by atoms with Crippen LogP contribution >= 0.6 is 11.8 Å². The SMILES string of the molecule is CCn1c(=O)n(CC(=O)N2CCCSc3ccccc32)c2ccccc21. The Kier molecular flexibility index (Phi) is 4.59. The summed E-state index contributed by atoms with van der Waals surface area (Å²) in [7, 11) is 0. The molecule has 0 bridgehead atoms. The van der Waals surface area contributed by atoms with Gasteiger partial charge in [0.2, 0.25) is 5.91 Å². The smallest absolute Gasteiger partial charge is 0.310 e. The van der Waals surface area contributed by atoms with Crippen LogP contribution in [-0.2, 0) is 17.9 Å². The maximum Gasteiger partial charge on any atom is 0.329 e. The lowest BCUT2D eigenvalue weighted by Crippen LogP contribution is -2.37. The second kappa shape index (κ2) is 7.03. The lowest BCUT2D eigenvalue weighted by molar-refractivity contribution is -0.119. The number of anilines is 1. The van der Waals surface area contributed by atoms with E-state index in [9.17, 15) is 9.59 Å². The summed E-state index contributed by atoms with van der Waals surface area (Å²) in [6.07, 6.45) is 0.941. The van der Waals surface area contributed by atoms with Gasteiger partial charge in [-0.15, -0.1) is 11.8 Å². The van der Waals surface area contributed by atoms with Gasteiger partial charge in [-0.25, -0.2) is 4.79 Å². The summed E-state index contributed by atoms with van der Waals surface area (Å²) in [6, 6.07) is 15.7. The molecule has 1 amide bonds. The van der Waals surface area contributed by atoms with Crippen LogP contribution in [0.2, 0.25) is 0 Å². The van der Waals surface area contributed by atoms with E-state index in [-0.39, 0.29) is 18.1 Å². The van der Waals surface area contributed by atoms with Gasteiger partial charge in [0.05, 0.1) is 16.7 Å². The van der Waals surface area contributed by atoms with Crippen molar-refractivity contribution in [3.63, 3.8) is 0 Å². The minimum Gasteiger partial charge on any atom is -0.310 e. The summed E-state index contributed by atoms with van der Waals surface area (Å²) in [4.78, 5) is 28.9. The Hall–Kier alpha value is -2.47. The van der Waals surface area contributed by atoms with Crippen molar-refractivity contribution in [3.05, 3.63) is 59.0 Å². The number of para-hydroxylation sites is 3. The molecule has 0 aliphatic carbocycles. The summed E-state index contributed by atoms with van der Waals surface area (Å²) in [5.41, 5.74) is 2.51. The number of fused-ring (bicyclic) bond motifs is 2. The molecule has 0 atom stereocenters. The summed E-state index contributed by atoms with van der Waals surface area (Å²) in [5.74, 6) is 0.955. The van der Waals surface area contributed by atoms with Gasteiger partial charge in [-0.05, 0) is 43.4 Å². The molecule has 0 radical (unpaired) electrons. The molecule has 1 aliphatic heterocycles. The molecule has 0 unspecified atom stereocenters. The topological polar surface area (TPSA) is 47.2 Å². The van der Waals surface area contributed by atoms with Crippen LogP contribution < -0.4 is 10.6 Å². The van der Waals surface area contributed by atoms with E-state index in [1.807, 2.05) is 54.3 Å². The van der Waals surface area contributed by atoms with Crippen molar-refractivity contribution in [2.75, 3.05) is 17.2 Å². The van der Waals surface area contributed by atoms with Crippen molar-refractivity contribution in [2.45, 2.75) is 31.3 Å². The van der Waals surface area contributed by atoms with Crippen LogP contribution in [0.15, 0.2) is 58.2 Å². The van der Waals surface area contributed by atoms with E-state index < -0.39 is 0 Å². The van der Waals surface area contributed by atoms with E-state index in [4.69, 9.17) is 0 Å². The van der Waals surface area contributed by atoms with Crippen molar-refractivity contribution >= 4 is 34.4 Å². The second-order valence-corrected chi connectivity index (χ2v) is 7.45. The molecule has 3 aromatic rings. The fraction of sp³-hybridized carbons (Fsp3) is 0.300. The van der Waals surface area contributed by atoms with Crippen LogP contribution in [0.25, 0.3) is 11.0 Å². The van der Waals surface area contributed by atoms with Gasteiger partial charge in [0.1, 0.15) is 6.54 Å². The van der Waals surface area contributed by atoms with Crippen molar-refractivity contribution < 1.29 is 4.79 Å². The van der Waals surface area contributed by atoms with Crippen LogP contribution in [0, 0.1) is 0 Å². The normalized spacial score (nSPS) is 14.3. The predicted octanol–water partition coefficient (Wildman–Crippen LogP) is 3.35. The Bertz CT molecular complexity index is 1020. The zero-order valence-electron chi connectivity index (χ0n) is 14.7. The molecule has 2 heterocycles. The Balaban J connectivity index is 1.73. The monoisotopic (exact) mass is 367 g/mol. The number of imidazole rings is 1. The molecule has 0 fully saturated rings. The molecule has 26 heavy (non-hydrogen) atoms. The number of carbonyl (C=O) groups is 1. The van der Waals surface area contributed by atoms with Gasteiger partial charge in [0.25, 0.3) is 0 Å². The lowest BCUT2D eigenvalue weighted by atomic mass is 10.2. The molecular formula is C20H21N3O2S. The number of aryl methyl sites for hydroxylation is 1. The largest absolute Gasteiger partial charge is 0.329 e. The number of nitrogens with zero attached hydrogens (tertiary/aromatic N) is 3. The predicted molar refractivity (Wildman–Crippen MR) is 106 cm³/mol. The summed E-state index contributed by atoms with van der Waals surface area (Å²) < 4.78 is 3.32. The van der Waals surface area contributed by atoms with E-state index in [0.29, 0.717) is 13.1 Å². The zero-order valence-corrected chi connectivity index (χ0v) is 15.5. The minimum absolute atomic E-state index is 0.0407. The Morgan fingerprint density at radius 1 is 1.04 bits per heavy atom. The van der Waals surface area contributed by atoms with E-state index in [0.717, 1.165) is 33.8 Å². The van der Waals surface area contributed by atoms with E-state index in [1.54, 1.807) is 20.9 Å². The highest BCUT2D eigenvalue weighted by Crippen LogP contribution is 2.33. The third kappa shape index (κ3) is 2.84. The number of rotatable bonds is 3. The Labute approximate surface area is 156 Å². The van der Waals surface area contributed by atoms with Gasteiger partial charge >= 0.3 is 5.69 Å². The molecule has 0 saturated carbocycles. The molecule has 0 saturated heterocycles. The average Bonchev–Trinajstić information content (AvgIpc) is 2.82. The Morgan fingerprint density at radius 3 is 2.50 bits per heavy atom. The minimum atomic E-state index is -0.125. The van der Waals surface area contributed by atoms with Gasteiger partial charge in [-0.2, -0.15) is 0 Å². The number of hydrogen-bond acceptors (Lipinski definition) is 3. The second-order valence-electron chi connectivity index (χ2n) is 6.32. The summed E-state index contributed by atoms with van der Waals surface area (Å²) >= 11 is 1.78. The first-order chi connectivity index (χ1) is 12.7. The lowest BCUT2D eigenvalue weighted by Gasteiger charge is -2.22. The quantitative estimate of drug-likeness (QED) is 0.713. The van der Waals surface area contributed by atoms with Crippen molar-refractivity contribution in [2.24, 2.45) is 0 Å². The number of hydrogen-bond donors (Lipinski definition) is 0. The molecule has 1 aromatic heterocycles. The standard InChI is InChI=1S/C20H21N3O2S/c1-2-21-15-8-3-4-9-16(15)23(20(21)25)14-19(24)22-12-7-13-26-18-11-6-5-10-17(18)22/h3-6,8-11H,2,7,12-14H2,1H3. The maximum atomic E-state index is 13.1. The number of aromatic nitrogens is 2. The first kappa shape index (κ1) is 17.0. The molecule has 0 N–H and O–H groups in total. The van der Waals surface area contributed by atoms with Crippen LogP contribution in [0.1, 0.15) is 13.3 Å². The fourth-order valence-electron chi connectivity index (χ4n) is 3.54. The molecule has 4 rings (SSSR count). The number of amides is 1. The van der Waals surface area contributed by atoms with Crippen LogP contribution in [0.5, 0.6) is 0 Å². The van der Waals surface area contributed by atoms with Crippen LogP contribution in [0.4, 0.5) is 5.69 Å². The van der Waals surface area contributed by atoms with Crippen molar-refractivity contribution in [1.29, 1.82) is 0 Å². The van der Waals surface area contributed by atoms with E-state index in [2.05, 4.69) is 6.07 Å². The van der Waals surface area contributed by atoms with Gasteiger partial charge in [0, 0.05) is 18.0 Å². The van der Waals surface area contributed by atoms with E-state index >= 15 is 0 Å². The molecule has 5 nitrogen and oxygen atoms in total. The zero-order chi connectivity index (χ0) is 18.1. The van der Waals surface area contributed by atoms with Gasteiger partial charge in [-0.1, -0.05) is 24.3 Å².